The number of hydrogen-bond donors (Lipinski definition) is 1. The number of furan rings is 1. The Balaban J connectivity index is 1.58. The maximum atomic E-state index is 12.2. The molecule has 0 radical (unpaired) electrons. The van der Waals surface area contributed by atoms with Crippen LogP contribution in [0.1, 0.15) is 26.5 Å². The van der Waals surface area contributed by atoms with Crippen LogP contribution < -0.4 is 10.1 Å². The first-order chi connectivity index (χ1) is 14.0. The molecule has 1 amide bonds. The summed E-state index contributed by atoms with van der Waals surface area (Å²) >= 11 is 0. The fourth-order valence-electron chi connectivity index (χ4n) is 2.66. The van der Waals surface area contributed by atoms with E-state index in [-0.39, 0.29) is 11.3 Å². The van der Waals surface area contributed by atoms with Gasteiger partial charge in [-0.05, 0) is 48.9 Å². The minimum absolute atomic E-state index is 0.222. The third-order valence-corrected chi connectivity index (χ3v) is 4.11. The van der Waals surface area contributed by atoms with Crippen molar-refractivity contribution in [1.82, 2.24) is 0 Å². The Hall–Kier alpha value is -3.87. The van der Waals surface area contributed by atoms with E-state index in [1.54, 1.807) is 48.5 Å². The van der Waals surface area contributed by atoms with E-state index in [0.717, 1.165) is 5.56 Å². The molecule has 0 aliphatic rings. The number of methoxy groups -OCH3 is 1. The van der Waals surface area contributed by atoms with Crippen LogP contribution in [0.15, 0.2) is 59.0 Å². The number of amides is 1. The smallest absolute Gasteiger partial charge is 0.338 e. The second kappa shape index (κ2) is 8.88. The summed E-state index contributed by atoms with van der Waals surface area (Å²) in [5.41, 5.74) is 2.46. The Morgan fingerprint density at radius 2 is 1.83 bits per heavy atom. The predicted octanol–water partition coefficient (Wildman–Crippen LogP) is 3.87. The van der Waals surface area contributed by atoms with Gasteiger partial charge in [-0.15, -0.1) is 0 Å². The highest BCUT2D eigenvalue weighted by Crippen LogP contribution is 2.25. The number of carbonyl (C=O) groups excluding carboxylic acids is 3. The number of nitrogens with one attached hydrogen (secondary N) is 1. The number of rotatable bonds is 7. The molecule has 0 fully saturated rings. The lowest BCUT2D eigenvalue weighted by Gasteiger charge is -2.11. The van der Waals surface area contributed by atoms with Crippen molar-refractivity contribution >= 4 is 23.9 Å². The summed E-state index contributed by atoms with van der Waals surface area (Å²) in [4.78, 5) is 35.0. The van der Waals surface area contributed by atoms with Crippen LogP contribution in [0.2, 0.25) is 0 Å². The van der Waals surface area contributed by atoms with Gasteiger partial charge in [0.25, 0.3) is 5.91 Å². The first-order valence-electron chi connectivity index (χ1n) is 8.77. The molecule has 0 atom stereocenters. The number of esters is 1. The van der Waals surface area contributed by atoms with Gasteiger partial charge >= 0.3 is 5.97 Å². The molecule has 0 spiro atoms. The Labute approximate surface area is 167 Å². The maximum absolute atomic E-state index is 12.2. The van der Waals surface area contributed by atoms with Gasteiger partial charge in [-0.25, -0.2) is 4.79 Å². The zero-order valence-electron chi connectivity index (χ0n) is 15.9. The highest BCUT2D eigenvalue weighted by Gasteiger charge is 2.13. The molecule has 0 aliphatic heterocycles. The molecule has 29 heavy (non-hydrogen) atoms. The monoisotopic (exact) mass is 393 g/mol. The van der Waals surface area contributed by atoms with Gasteiger partial charge in [0.2, 0.25) is 0 Å². The molecule has 1 heterocycles. The van der Waals surface area contributed by atoms with Crippen LogP contribution in [0.5, 0.6) is 5.75 Å². The Bertz CT molecular complexity index is 1040. The SMILES string of the molecule is COc1ccc(C)cc1NC(=O)COC(=O)c1ccc(-c2ccc(C=O)o2)cc1. The van der Waals surface area contributed by atoms with E-state index in [2.05, 4.69) is 5.32 Å². The first kappa shape index (κ1) is 19.9. The molecule has 0 saturated heterocycles. The second-order valence-electron chi connectivity index (χ2n) is 6.23. The number of anilines is 1. The van der Waals surface area contributed by atoms with Gasteiger partial charge in [-0.1, -0.05) is 18.2 Å². The topological polar surface area (TPSA) is 94.8 Å². The largest absolute Gasteiger partial charge is 0.495 e. The average molecular weight is 393 g/mol. The second-order valence-corrected chi connectivity index (χ2v) is 6.23. The van der Waals surface area contributed by atoms with Crippen molar-refractivity contribution in [3.63, 3.8) is 0 Å². The zero-order chi connectivity index (χ0) is 20.8. The molecule has 0 unspecified atom stereocenters. The summed E-state index contributed by atoms with van der Waals surface area (Å²) in [6.45, 7) is 1.46. The number of aldehydes is 1. The molecule has 1 N–H and O–H groups in total. The quantitative estimate of drug-likeness (QED) is 0.484. The molecule has 1 aromatic heterocycles. The van der Waals surface area contributed by atoms with Crippen molar-refractivity contribution in [2.24, 2.45) is 0 Å². The van der Waals surface area contributed by atoms with E-state index in [0.29, 0.717) is 29.0 Å². The van der Waals surface area contributed by atoms with Gasteiger partial charge in [0, 0.05) is 5.56 Å². The van der Waals surface area contributed by atoms with Crippen molar-refractivity contribution in [3.8, 4) is 17.1 Å². The summed E-state index contributed by atoms with van der Waals surface area (Å²) in [5, 5.41) is 2.67. The summed E-state index contributed by atoms with van der Waals surface area (Å²) in [7, 11) is 1.51. The molecular formula is C22H19NO6. The Morgan fingerprint density at radius 3 is 2.48 bits per heavy atom. The molecule has 148 valence electrons. The molecular weight excluding hydrogens is 374 g/mol. The van der Waals surface area contributed by atoms with Crippen molar-refractivity contribution in [2.45, 2.75) is 6.92 Å². The van der Waals surface area contributed by atoms with Crippen LogP contribution in [0, 0.1) is 6.92 Å². The van der Waals surface area contributed by atoms with Crippen LogP contribution in [0.4, 0.5) is 5.69 Å². The van der Waals surface area contributed by atoms with Crippen molar-refractivity contribution < 1.29 is 28.3 Å². The molecule has 2 aromatic carbocycles. The minimum Gasteiger partial charge on any atom is -0.495 e. The maximum Gasteiger partial charge on any atom is 0.338 e. The number of benzene rings is 2. The summed E-state index contributed by atoms with van der Waals surface area (Å²) in [6.07, 6.45) is 0.618. The van der Waals surface area contributed by atoms with Gasteiger partial charge < -0.3 is 19.2 Å². The third kappa shape index (κ3) is 4.90. The van der Waals surface area contributed by atoms with Crippen molar-refractivity contribution in [2.75, 3.05) is 19.0 Å². The molecule has 3 rings (SSSR count). The Kier molecular flexibility index (Phi) is 6.09. The average Bonchev–Trinajstić information content (AvgIpc) is 3.22. The van der Waals surface area contributed by atoms with Crippen LogP contribution in [-0.4, -0.2) is 31.9 Å². The van der Waals surface area contributed by atoms with Gasteiger partial charge in [0.15, 0.2) is 18.7 Å². The summed E-state index contributed by atoms with van der Waals surface area (Å²) < 4.78 is 15.6. The van der Waals surface area contributed by atoms with E-state index < -0.39 is 18.5 Å². The molecule has 7 heteroatoms. The van der Waals surface area contributed by atoms with E-state index >= 15 is 0 Å². The van der Waals surface area contributed by atoms with Crippen LogP contribution in [-0.2, 0) is 9.53 Å². The first-order valence-corrected chi connectivity index (χ1v) is 8.77. The number of aryl methyl sites for hydroxylation is 1. The van der Waals surface area contributed by atoms with Crippen LogP contribution in [0.3, 0.4) is 0 Å². The fourth-order valence-corrected chi connectivity index (χ4v) is 2.66. The van der Waals surface area contributed by atoms with Crippen molar-refractivity contribution in [3.05, 3.63) is 71.5 Å². The lowest BCUT2D eigenvalue weighted by atomic mass is 10.1. The molecule has 0 bridgehead atoms. The molecule has 7 nitrogen and oxygen atoms in total. The fraction of sp³-hybridized carbons (Fsp3) is 0.136. The number of ether oxygens (including phenoxy) is 2. The Morgan fingerprint density at radius 1 is 1.07 bits per heavy atom. The minimum atomic E-state index is -0.629. The van der Waals surface area contributed by atoms with Gasteiger partial charge in [-0.3, -0.25) is 9.59 Å². The van der Waals surface area contributed by atoms with Gasteiger partial charge in [-0.2, -0.15) is 0 Å². The predicted molar refractivity (Wildman–Crippen MR) is 106 cm³/mol. The van der Waals surface area contributed by atoms with E-state index in [4.69, 9.17) is 13.9 Å². The zero-order valence-corrected chi connectivity index (χ0v) is 15.9. The van der Waals surface area contributed by atoms with Crippen molar-refractivity contribution in [1.29, 1.82) is 0 Å². The molecule has 0 saturated carbocycles. The highest BCUT2D eigenvalue weighted by atomic mass is 16.5. The van der Waals surface area contributed by atoms with E-state index in [1.165, 1.54) is 7.11 Å². The standard InChI is InChI=1S/C22H19NO6/c1-14-3-9-20(27-2)18(11-14)23-21(25)13-28-22(26)16-6-4-15(5-7-16)19-10-8-17(12-24)29-19/h3-12H,13H2,1-2H3,(H,23,25). The highest BCUT2D eigenvalue weighted by molar-refractivity contribution is 5.96. The van der Waals surface area contributed by atoms with Crippen LogP contribution in [0.25, 0.3) is 11.3 Å². The molecule has 3 aromatic rings. The van der Waals surface area contributed by atoms with E-state index in [1.807, 2.05) is 13.0 Å². The van der Waals surface area contributed by atoms with Crippen LogP contribution >= 0.6 is 0 Å². The lowest BCUT2D eigenvalue weighted by Crippen LogP contribution is -2.21. The third-order valence-electron chi connectivity index (χ3n) is 4.11. The van der Waals surface area contributed by atoms with Gasteiger partial charge in [0.1, 0.15) is 11.5 Å². The summed E-state index contributed by atoms with van der Waals surface area (Å²) in [6, 6.07) is 15.1. The normalized spacial score (nSPS) is 10.3. The number of hydrogen-bond acceptors (Lipinski definition) is 6. The summed E-state index contributed by atoms with van der Waals surface area (Å²) in [5.74, 6) is 0.145. The van der Waals surface area contributed by atoms with E-state index in [9.17, 15) is 14.4 Å². The van der Waals surface area contributed by atoms with Gasteiger partial charge in [0.05, 0.1) is 18.4 Å². The lowest BCUT2D eigenvalue weighted by molar-refractivity contribution is -0.119. The molecule has 0 aliphatic carbocycles. The number of carbonyl (C=O) groups is 3.